The number of carbonyl (C=O) groups excluding carboxylic acids is 2. The van der Waals surface area contributed by atoms with Crippen molar-refractivity contribution in [3.05, 3.63) is 29.3 Å². The average Bonchev–Trinajstić information content (AvgIpc) is 2.55. The molecule has 0 atom stereocenters. The summed E-state index contributed by atoms with van der Waals surface area (Å²) in [4.78, 5) is 27.7. The van der Waals surface area contributed by atoms with E-state index in [1.54, 1.807) is 18.2 Å². The number of piperazine rings is 1. The van der Waals surface area contributed by atoms with E-state index in [1.165, 1.54) is 6.92 Å². The first-order chi connectivity index (χ1) is 11.0. The number of rotatable bonds is 5. The minimum atomic E-state index is -0.00533. The summed E-state index contributed by atoms with van der Waals surface area (Å²) in [5, 5.41) is 11.9. The van der Waals surface area contributed by atoms with Crippen LogP contribution >= 0.6 is 0 Å². The van der Waals surface area contributed by atoms with Gasteiger partial charge >= 0.3 is 0 Å². The summed E-state index contributed by atoms with van der Waals surface area (Å²) in [5.41, 5.74) is 2.00. The molecule has 1 aliphatic heterocycles. The van der Waals surface area contributed by atoms with Gasteiger partial charge in [-0.3, -0.25) is 14.5 Å². The Morgan fingerprint density at radius 1 is 1.26 bits per heavy atom. The van der Waals surface area contributed by atoms with Crippen LogP contribution < -0.4 is 10.2 Å². The van der Waals surface area contributed by atoms with Gasteiger partial charge in [0.15, 0.2) is 5.78 Å². The van der Waals surface area contributed by atoms with Crippen molar-refractivity contribution in [1.82, 2.24) is 10.2 Å². The fourth-order valence-electron chi connectivity index (χ4n) is 2.76. The van der Waals surface area contributed by atoms with E-state index in [0.29, 0.717) is 24.2 Å². The lowest BCUT2D eigenvalue weighted by molar-refractivity contribution is -0.122. The largest absolute Gasteiger partial charge is 0.368 e. The number of nitrogens with zero attached hydrogens (tertiary/aromatic N) is 3. The standard InChI is InChI=1S/C17H22N4O2/c1-3-19-17(23)12-20-6-8-21(9-7-20)16-10-14(11-18)4-5-15(16)13(2)22/h4-5,10H,3,6-9,12H2,1-2H3,(H,19,23). The highest BCUT2D eigenvalue weighted by Gasteiger charge is 2.22. The molecule has 0 unspecified atom stereocenters. The summed E-state index contributed by atoms with van der Waals surface area (Å²) in [6.07, 6.45) is 0. The normalized spacial score (nSPS) is 15.1. The predicted molar refractivity (Wildman–Crippen MR) is 88.5 cm³/mol. The van der Waals surface area contributed by atoms with Crippen LogP contribution in [0.3, 0.4) is 0 Å². The molecule has 0 saturated carbocycles. The van der Waals surface area contributed by atoms with Crippen LogP contribution in [0.1, 0.15) is 29.8 Å². The first kappa shape index (κ1) is 17.0. The molecule has 6 nitrogen and oxygen atoms in total. The molecule has 1 N–H and O–H groups in total. The molecule has 2 rings (SSSR count). The molecule has 1 aromatic carbocycles. The molecule has 1 aromatic rings. The molecular formula is C17H22N4O2. The Kier molecular flexibility index (Phi) is 5.72. The van der Waals surface area contributed by atoms with E-state index in [2.05, 4.69) is 21.2 Å². The van der Waals surface area contributed by atoms with Crippen LogP contribution in [0.25, 0.3) is 0 Å². The number of nitriles is 1. The minimum absolute atomic E-state index is 0.00533. The zero-order chi connectivity index (χ0) is 16.8. The SMILES string of the molecule is CCNC(=O)CN1CCN(c2cc(C#N)ccc2C(C)=O)CC1. The van der Waals surface area contributed by atoms with Crippen molar-refractivity contribution in [2.75, 3.05) is 44.2 Å². The molecule has 1 amide bonds. The van der Waals surface area contributed by atoms with Crippen LogP contribution in [0.5, 0.6) is 0 Å². The number of Topliss-reactive ketones (excluding diaryl/α,β-unsaturated/α-hetero) is 1. The third-order valence-electron chi connectivity index (χ3n) is 3.96. The van der Waals surface area contributed by atoms with Gasteiger partial charge < -0.3 is 10.2 Å². The molecular weight excluding hydrogens is 292 g/mol. The zero-order valence-electron chi connectivity index (χ0n) is 13.6. The Morgan fingerprint density at radius 2 is 1.96 bits per heavy atom. The predicted octanol–water partition coefficient (Wildman–Crippen LogP) is 1.02. The van der Waals surface area contributed by atoms with Gasteiger partial charge in [0, 0.05) is 44.0 Å². The number of ketones is 1. The van der Waals surface area contributed by atoms with Crippen molar-refractivity contribution in [2.24, 2.45) is 0 Å². The molecule has 1 fully saturated rings. The third-order valence-corrected chi connectivity index (χ3v) is 3.96. The average molecular weight is 314 g/mol. The van der Waals surface area contributed by atoms with Gasteiger partial charge in [0.1, 0.15) is 0 Å². The second-order valence-electron chi connectivity index (χ2n) is 5.62. The Labute approximate surface area is 136 Å². The van der Waals surface area contributed by atoms with Gasteiger partial charge in [0.2, 0.25) is 5.91 Å². The number of hydrogen-bond acceptors (Lipinski definition) is 5. The second-order valence-corrected chi connectivity index (χ2v) is 5.62. The van der Waals surface area contributed by atoms with Crippen LogP contribution in [0.2, 0.25) is 0 Å². The van der Waals surface area contributed by atoms with Crippen molar-refractivity contribution in [3.8, 4) is 6.07 Å². The molecule has 23 heavy (non-hydrogen) atoms. The highest BCUT2D eigenvalue weighted by atomic mass is 16.2. The van der Waals surface area contributed by atoms with E-state index in [-0.39, 0.29) is 11.7 Å². The van der Waals surface area contributed by atoms with Crippen LogP contribution in [0.4, 0.5) is 5.69 Å². The quantitative estimate of drug-likeness (QED) is 0.821. The van der Waals surface area contributed by atoms with Crippen LogP contribution in [-0.2, 0) is 4.79 Å². The maximum Gasteiger partial charge on any atom is 0.234 e. The Morgan fingerprint density at radius 3 is 2.52 bits per heavy atom. The van der Waals surface area contributed by atoms with Crippen molar-refractivity contribution in [2.45, 2.75) is 13.8 Å². The molecule has 122 valence electrons. The number of amides is 1. The first-order valence-corrected chi connectivity index (χ1v) is 7.84. The maximum atomic E-state index is 11.8. The van der Waals surface area contributed by atoms with Gasteiger partial charge in [0.25, 0.3) is 0 Å². The third kappa shape index (κ3) is 4.30. The van der Waals surface area contributed by atoms with E-state index >= 15 is 0 Å². The maximum absolute atomic E-state index is 11.8. The summed E-state index contributed by atoms with van der Waals surface area (Å²) in [6, 6.07) is 7.29. The van der Waals surface area contributed by atoms with Crippen LogP contribution in [0, 0.1) is 11.3 Å². The zero-order valence-corrected chi connectivity index (χ0v) is 13.6. The fourth-order valence-corrected chi connectivity index (χ4v) is 2.76. The molecule has 0 aliphatic carbocycles. The summed E-state index contributed by atoms with van der Waals surface area (Å²) in [7, 11) is 0. The second kappa shape index (κ2) is 7.75. The number of nitrogens with one attached hydrogen (secondary N) is 1. The minimum Gasteiger partial charge on any atom is -0.368 e. The van der Waals surface area contributed by atoms with E-state index < -0.39 is 0 Å². The van der Waals surface area contributed by atoms with Gasteiger partial charge in [-0.25, -0.2) is 0 Å². The molecule has 1 saturated heterocycles. The number of benzene rings is 1. The summed E-state index contributed by atoms with van der Waals surface area (Å²) >= 11 is 0. The highest BCUT2D eigenvalue weighted by Crippen LogP contribution is 2.24. The molecule has 0 bridgehead atoms. The number of hydrogen-bond donors (Lipinski definition) is 1. The smallest absolute Gasteiger partial charge is 0.234 e. The number of carbonyl (C=O) groups is 2. The van der Waals surface area contributed by atoms with Gasteiger partial charge in [-0.05, 0) is 32.0 Å². The monoisotopic (exact) mass is 314 g/mol. The van der Waals surface area contributed by atoms with Gasteiger partial charge in [-0.15, -0.1) is 0 Å². The molecule has 0 radical (unpaired) electrons. The fraction of sp³-hybridized carbons (Fsp3) is 0.471. The van der Waals surface area contributed by atoms with Gasteiger partial charge in [-0.2, -0.15) is 5.26 Å². The molecule has 0 aromatic heterocycles. The molecule has 1 heterocycles. The summed E-state index contributed by atoms with van der Waals surface area (Å²) in [5.74, 6) is 0.0334. The summed E-state index contributed by atoms with van der Waals surface area (Å²) in [6.45, 7) is 7.46. The summed E-state index contributed by atoms with van der Waals surface area (Å²) < 4.78 is 0. The lowest BCUT2D eigenvalue weighted by Crippen LogP contribution is -2.49. The Bertz CT molecular complexity index is 628. The lowest BCUT2D eigenvalue weighted by Gasteiger charge is -2.36. The van der Waals surface area contributed by atoms with E-state index in [1.807, 2.05) is 6.92 Å². The molecule has 0 spiro atoms. The van der Waals surface area contributed by atoms with Crippen LogP contribution in [0.15, 0.2) is 18.2 Å². The van der Waals surface area contributed by atoms with Crippen molar-refractivity contribution in [1.29, 1.82) is 5.26 Å². The Hall–Kier alpha value is -2.39. The highest BCUT2D eigenvalue weighted by molar-refractivity contribution is 6.00. The topological polar surface area (TPSA) is 76.4 Å². The van der Waals surface area contributed by atoms with Crippen molar-refractivity contribution >= 4 is 17.4 Å². The van der Waals surface area contributed by atoms with Crippen molar-refractivity contribution in [3.63, 3.8) is 0 Å². The Balaban J connectivity index is 2.06. The van der Waals surface area contributed by atoms with Crippen molar-refractivity contribution < 1.29 is 9.59 Å². The number of likely N-dealkylation sites (N-methyl/N-ethyl adjacent to an activating group) is 1. The van der Waals surface area contributed by atoms with Gasteiger partial charge in [0.05, 0.1) is 18.2 Å². The first-order valence-electron chi connectivity index (χ1n) is 7.84. The van der Waals surface area contributed by atoms with Gasteiger partial charge in [-0.1, -0.05) is 0 Å². The van der Waals surface area contributed by atoms with E-state index in [9.17, 15) is 9.59 Å². The van der Waals surface area contributed by atoms with E-state index in [0.717, 1.165) is 31.9 Å². The van der Waals surface area contributed by atoms with E-state index in [4.69, 9.17) is 5.26 Å². The van der Waals surface area contributed by atoms with Crippen LogP contribution in [-0.4, -0.2) is 55.9 Å². The lowest BCUT2D eigenvalue weighted by atomic mass is 10.0. The number of anilines is 1. The molecule has 6 heteroatoms. The molecule has 1 aliphatic rings.